The van der Waals surface area contributed by atoms with Crippen molar-refractivity contribution in [2.45, 2.75) is 38.2 Å². The van der Waals surface area contributed by atoms with Crippen LogP contribution >= 0.6 is 0 Å². The molecule has 2 N–H and O–H groups in total. The third-order valence-electron chi connectivity index (χ3n) is 2.75. The highest BCUT2D eigenvalue weighted by Crippen LogP contribution is 2.31. The van der Waals surface area contributed by atoms with Crippen molar-refractivity contribution in [3.8, 4) is 0 Å². The Bertz CT molecular complexity index is 171. The molecule has 0 bridgehead atoms. The van der Waals surface area contributed by atoms with E-state index < -0.39 is 5.60 Å². The average molecular weight is 171 g/mol. The Morgan fingerprint density at radius 1 is 1.50 bits per heavy atom. The predicted molar refractivity (Wildman–Crippen MR) is 46.6 cm³/mol. The van der Waals surface area contributed by atoms with Gasteiger partial charge in [0.2, 0.25) is 0 Å². The molecule has 70 valence electrons. The molecule has 1 amide bonds. The maximum Gasteiger partial charge on any atom is 0.251 e. The van der Waals surface area contributed by atoms with Gasteiger partial charge in [0.25, 0.3) is 5.91 Å². The van der Waals surface area contributed by atoms with Crippen LogP contribution in [0.1, 0.15) is 32.6 Å². The second-order valence-electron chi connectivity index (χ2n) is 3.79. The molecule has 0 radical (unpaired) electrons. The quantitative estimate of drug-likeness (QED) is 0.609. The zero-order chi connectivity index (χ0) is 9.19. The van der Waals surface area contributed by atoms with Crippen LogP contribution in [0.4, 0.5) is 0 Å². The van der Waals surface area contributed by atoms with E-state index in [4.69, 9.17) is 0 Å². The summed E-state index contributed by atoms with van der Waals surface area (Å²) in [6, 6.07) is 0. The number of hydrogen-bond acceptors (Lipinski definition) is 2. The van der Waals surface area contributed by atoms with E-state index in [1.54, 1.807) is 7.05 Å². The van der Waals surface area contributed by atoms with E-state index in [2.05, 4.69) is 12.2 Å². The fraction of sp³-hybridized carbons (Fsp3) is 0.889. The zero-order valence-corrected chi connectivity index (χ0v) is 7.76. The third-order valence-corrected chi connectivity index (χ3v) is 2.75. The first kappa shape index (κ1) is 9.52. The minimum absolute atomic E-state index is 0.227. The Morgan fingerprint density at radius 3 is 2.42 bits per heavy atom. The van der Waals surface area contributed by atoms with Crippen molar-refractivity contribution in [2.75, 3.05) is 7.05 Å². The lowest BCUT2D eigenvalue weighted by atomic mass is 9.79. The smallest absolute Gasteiger partial charge is 0.251 e. The molecule has 1 aliphatic carbocycles. The molecule has 0 aliphatic heterocycles. The summed E-state index contributed by atoms with van der Waals surface area (Å²) in [5.41, 5.74) is -1.08. The summed E-state index contributed by atoms with van der Waals surface area (Å²) in [5.74, 6) is 0.421. The van der Waals surface area contributed by atoms with E-state index in [9.17, 15) is 9.90 Å². The van der Waals surface area contributed by atoms with Crippen molar-refractivity contribution in [1.29, 1.82) is 0 Å². The van der Waals surface area contributed by atoms with E-state index in [0.29, 0.717) is 18.8 Å². The highest BCUT2D eigenvalue weighted by atomic mass is 16.3. The van der Waals surface area contributed by atoms with Gasteiger partial charge in [0.1, 0.15) is 5.60 Å². The molecule has 0 heterocycles. The molecular formula is C9H17NO2. The number of nitrogens with one attached hydrogen (secondary N) is 1. The molecule has 3 nitrogen and oxygen atoms in total. The Hall–Kier alpha value is -0.570. The third kappa shape index (κ3) is 1.78. The molecule has 0 atom stereocenters. The molecule has 3 heteroatoms. The van der Waals surface area contributed by atoms with Crippen molar-refractivity contribution in [1.82, 2.24) is 5.32 Å². The number of amides is 1. The summed E-state index contributed by atoms with van der Waals surface area (Å²) in [6.07, 6.45) is 3.11. The molecule has 1 saturated carbocycles. The van der Waals surface area contributed by atoms with Gasteiger partial charge in [-0.25, -0.2) is 0 Å². The number of likely N-dealkylation sites (N-methyl/N-ethyl adjacent to an activating group) is 1. The van der Waals surface area contributed by atoms with Gasteiger partial charge in [0.05, 0.1) is 0 Å². The lowest BCUT2D eigenvalue weighted by Gasteiger charge is -2.32. The van der Waals surface area contributed by atoms with Gasteiger partial charge in [-0.3, -0.25) is 4.79 Å². The zero-order valence-electron chi connectivity index (χ0n) is 7.76. The second-order valence-corrected chi connectivity index (χ2v) is 3.79. The monoisotopic (exact) mass is 171 g/mol. The summed E-state index contributed by atoms with van der Waals surface area (Å²) in [5, 5.41) is 12.3. The second kappa shape index (κ2) is 3.44. The van der Waals surface area contributed by atoms with E-state index in [1.165, 1.54) is 0 Å². The highest BCUT2D eigenvalue weighted by molar-refractivity contribution is 5.84. The Balaban J connectivity index is 2.55. The van der Waals surface area contributed by atoms with Crippen molar-refractivity contribution < 1.29 is 9.90 Å². The van der Waals surface area contributed by atoms with E-state index in [1.807, 2.05) is 0 Å². The van der Waals surface area contributed by atoms with Gasteiger partial charge in [0.15, 0.2) is 0 Å². The predicted octanol–water partition coefficient (Wildman–Crippen LogP) is 0.674. The summed E-state index contributed by atoms with van der Waals surface area (Å²) in [6.45, 7) is 2.16. The summed E-state index contributed by atoms with van der Waals surface area (Å²) < 4.78 is 0. The largest absolute Gasteiger partial charge is 0.380 e. The van der Waals surface area contributed by atoms with Crippen molar-refractivity contribution in [3.63, 3.8) is 0 Å². The molecule has 0 aromatic rings. The Labute approximate surface area is 73.2 Å². The number of aliphatic hydroxyl groups is 1. The van der Waals surface area contributed by atoms with Crippen LogP contribution in [0, 0.1) is 5.92 Å². The fourth-order valence-electron chi connectivity index (χ4n) is 1.70. The van der Waals surface area contributed by atoms with Gasteiger partial charge in [-0.15, -0.1) is 0 Å². The van der Waals surface area contributed by atoms with Gasteiger partial charge >= 0.3 is 0 Å². The number of carbonyl (C=O) groups excluding carboxylic acids is 1. The number of carbonyl (C=O) groups is 1. The summed E-state index contributed by atoms with van der Waals surface area (Å²) >= 11 is 0. The fourth-order valence-corrected chi connectivity index (χ4v) is 1.70. The molecular weight excluding hydrogens is 154 g/mol. The molecule has 1 rings (SSSR count). The van der Waals surface area contributed by atoms with Crippen molar-refractivity contribution in [2.24, 2.45) is 5.92 Å². The highest BCUT2D eigenvalue weighted by Gasteiger charge is 2.37. The van der Waals surface area contributed by atoms with E-state index in [0.717, 1.165) is 12.8 Å². The lowest BCUT2D eigenvalue weighted by molar-refractivity contribution is -0.143. The van der Waals surface area contributed by atoms with Crippen LogP contribution in [0.3, 0.4) is 0 Å². The Morgan fingerprint density at radius 2 is 2.00 bits per heavy atom. The first-order valence-corrected chi connectivity index (χ1v) is 4.53. The topological polar surface area (TPSA) is 49.3 Å². The van der Waals surface area contributed by atoms with Gasteiger partial charge in [0, 0.05) is 7.05 Å². The van der Waals surface area contributed by atoms with Crippen LogP contribution in [0.25, 0.3) is 0 Å². The lowest BCUT2D eigenvalue weighted by Crippen LogP contribution is -2.47. The van der Waals surface area contributed by atoms with Crippen molar-refractivity contribution >= 4 is 5.91 Å². The molecule has 0 spiro atoms. The minimum atomic E-state index is -1.08. The average Bonchev–Trinajstić information content (AvgIpc) is 2.09. The van der Waals surface area contributed by atoms with Gasteiger partial charge in [-0.05, 0) is 31.6 Å². The summed E-state index contributed by atoms with van der Waals surface area (Å²) in [7, 11) is 1.57. The first-order chi connectivity index (χ1) is 5.58. The SMILES string of the molecule is CNC(=O)C1(O)CCC(C)CC1. The standard InChI is InChI=1S/C9H17NO2/c1-7-3-5-9(12,6-4-7)8(11)10-2/h7,12H,3-6H2,1-2H3,(H,10,11). The normalized spacial score (nSPS) is 36.1. The van der Waals surface area contributed by atoms with E-state index >= 15 is 0 Å². The minimum Gasteiger partial charge on any atom is -0.380 e. The van der Waals surface area contributed by atoms with Crippen LogP contribution in [0.2, 0.25) is 0 Å². The van der Waals surface area contributed by atoms with Crippen LogP contribution in [0.5, 0.6) is 0 Å². The number of rotatable bonds is 1. The molecule has 0 saturated heterocycles. The summed E-state index contributed by atoms with van der Waals surface area (Å²) in [4.78, 5) is 11.2. The first-order valence-electron chi connectivity index (χ1n) is 4.53. The van der Waals surface area contributed by atoms with Crippen LogP contribution in [-0.4, -0.2) is 23.7 Å². The maximum absolute atomic E-state index is 11.2. The van der Waals surface area contributed by atoms with Crippen LogP contribution in [0.15, 0.2) is 0 Å². The van der Waals surface area contributed by atoms with E-state index in [-0.39, 0.29) is 5.91 Å². The van der Waals surface area contributed by atoms with Crippen molar-refractivity contribution in [3.05, 3.63) is 0 Å². The van der Waals surface area contributed by atoms with Crippen LogP contribution < -0.4 is 5.32 Å². The van der Waals surface area contributed by atoms with Gasteiger partial charge in [-0.1, -0.05) is 6.92 Å². The van der Waals surface area contributed by atoms with Crippen LogP contribution in [-0.2, 0) is 4.79 Å². The van der Waals surface area contributed by atoms with Gasteiger partial charge in [-0.2, -0.15) is 0 Å². The molecule has 0 aromatic carbocycles. The molecule has 0 unspecified atom stereocenters. The molecule has 12 heavy (non-hydrogen) atoms. The number of hydrogen-bond donors (Lipinski definition) is 2. The molecule has 1 aliphatic rings. The molecule has 0 aromatic heterocycles. The molecule has 1 fully saturated rings. The maximum atomic E-state index is 11.2. The van der Waals surface area contributed by atoms with Gasteiger partial charge < -0.3 is 10.4 Å². The Kier molecular flexibility index (Phi) is 2.73.